The molecule has 1 fully saturated rings. The predicted octanol–water partition coefficient (Wildman–Crippen LogP) is 3.58. The Hall–Kier alpha value is -2.69. The quantitative estimate of drug-likeness (QED) is 0.916. The van der Waals surface area contributed by atoms with E-state index in [9.17, 15) is 9.59 Å². The Bertz CT molecular complexity index is 766. The predicted molar refractivity (Wildman–Crippen MR) is 102 cm³/mol. The highest BCUT2D eigenvalue weighted by molar-refractivity contribution is 5.95. The Morgan fingerprint density at radius 3 is 2.42 bits per heavy atom. The van der Waals surface area contributed by atoms with Crippen molar-refractivity contribution >= 4 is 17.6 Å². The largest absolute Gasteiger partial charge is 0.342 e. The van der Waals surface area contributed by atoms with Gasteiger partial charge >= 0.3 is 0 Å². The van der Waals surface area contributed by atoms with Crippen molar-refractivity contribution < 1.29 is 9.59 Å². The first-order valence-electron chi connectivity index (χ1n) is 9.16. The lowest BCUT2D eigenvalue weighted by atomic mass is 9.95. The number of rotatable bonds is 4. The SMILES string of the molecule is CC(C)C(=O)N1CCC(C(=O)Nc2ncccc2-c2ccccc2)CC1. The summed E-state index contributed by atoms with van der Waals surface area (Å²) in [5.41, 5.74) is 1.93. The van der Waals surface area contributed by atoms with E-state index in [1.165, 1.54) is 0 Å². The summed E-state index contributed by atoms with van der Waals surface area (Å²) in [7, 11) is 0. The van der Waals surface area contributed by atoms with Crippen LogP contribution in [-0.4, -0.2) is 34.8 Å². The van der Waals surface area contributed by atoms with Crippen LogP contribution in [-0.2, 0) is 9.59 Å². The maximum absolute atomic E-state index is 12.7. The number of amides is 2. The van der Waals surface area contributed by atoms with Gasteiger partial charge in [0.05, 0.1) is 0 Å². The molecule has 0 bridgehead atoms. The van der Waals surface area contributed by atoms with Gasteiger partial charge in [-0.3, -0.25) is 9.59 Å². The molecule has 1 aliphatic heterocycles. The Kier molecular flexibility index (Phi) is 5.66. The van der Waals surface area contributed by atoms with E-state index >= 15 is 0 Å². The van der Waals surface area contributed by atoms with Gasteiger partial charge in [0.2, 0.25) is 11.8 Å². The van der Waals surface area contributed by atoms with E-state index in [2.05, 4.69) is 10.3 Å². The molecule has 0 atom stereocenters. The lowest BCUT2D eigenvalue weighted by molar-refractivity contribution is -0.137. The number of anilines is 1. The van der Waals surface area contributed by atoms with Crippen LogP contribution >= 0.6 is 0 Å². The normalized spacial score (nSPS) is 15.1. The fourth-order valence-corrected chi connectivity index (χ4v) is 3.30. The van der Waals surface area contributed by atoms with Gasteiger partial charge in [0.15, 0.2) is 0 Å². The maximum atomic E-state index is 12.7. The lowest BCUT2D eigenvalue weighted by Crippen LogP contribution is -2.43. The molecular formula is C21H25N3O2. The van der Waals surface area contributed by atoms with Crippen molar-refractivity contribution in [3.63, 3.8) is 0 Å². The van der Waals surface area contributed by atoms with Gasteiger partial charge in [-0.2, -0.15) is 0 Å². The number of carbonyl (C=O) groups excluding carboxylic acids is 2. The molecule has 0 spiro atoms. The first kappa shape index (κ1) is 18.1. The van der Waals surface area contributed by atoms with Crippen LogP contribution in [0.15, 0.2) is 48.7 Å². The van der Waals surface area contributed by atoms with E-state index in [4.69, 9.17) is 0 Å². The van der Waals surface area contributed by atoms with Crippen LogP contribution in [0.4, 0.5) is 5.82 Å². The molecule has 136 valence electrons. The maximum Gasteiger partial charge on any atom is 0.228 e. The molecule has 1 aromatic carbocycles. The van der Waals surface area contributed by atoms with Gasteiger partial charge in [-0.15, -0.1) is 0 Å². The molecular weight excluding hydrogens is 326 g/mol. The molecule has 0 saturated carbocycles. The Balaban J connectivity index is 1.66. The summed E-state index contributed by atoms with van der Waals surface area (Å²) in [6.45, 7) is 5.10. The number of benzene rings is 1. The van der Waals surface area contributed by atoms with Gasteiger partial charge in [0, 0.05) is 36.7 Å². The van der Waals surface area contributed by atoms with Crippen molar-refractivity contribution in [1.82, 2.24) is 9.88 Å². The molecule has 1 aliphatic rings. The first-order valence-corrected chi connectivity index (χ1v) is 9.16. The van der Waals surface area contributed by atoms with Crippen molar-refractivity contribution in [2.75, 3.05) is 18.4 Å². The molecule has 0 aliphatic carbocycles. The Morgan fingerprint density at radius 1 is 1.08 bits per heavy atom. The van der Waals surface area contributed by atoms with Crippen LogP contribution in [0, 0.1) is 11.8 Å². The molecule has 5 heteroatoms. The zero-order valence-electron chi connectivity index (χ0n) is 15.3. The molecule has 2 heterocycles. The third-order valence-corrected chi connectivity index (χ3v) is 4.81. The summed E-state index contributed by atoms with van der Waals surface area (Å²) in [5, 5.41) is 2.99. The Morgan fingerprint density at radius 2 is 1.77 bits per heavy atom. The minimum atomic E-state index is -0.0863. The highest BCUT2D eigenvalue weighted by Gasteiger charge is 2.28. The van der Waals surface area contributed by atoms with Crippen molar-refractivity contribution in [1.29, 1.82) is 0 Å². The van der Waals surface area contributed by atoms with E-state index in [1.54, 1.807) is 6.20 Å². The number of hydrogen-bond donors (Lipinski definition) is 1. The second kappa shape index (κ2) is 8.13. The lowest BCUT2D eigenvalue weighted by Gasteiger charge is -2.32. The molecule has 1 N–H and O–H groups in total. The number of piperidine rings is 1. The standard InChI is InChI=1S/C21H25N3O2/c1-15(2)21(26)24-13-10-17(11-14-24)20(25)23-19-18(9-6-12-22-19)16-7-4-3-5-8-16/h3-9,12,15,17H,10-11,13-14H2,1-2H3,(H,22,23,25). The molecule has 1 saturated heterocycles. The summed E-state index contributed by atoms with van der Waals surface area (Å²) >= 11 is 0. The zero-order chi connectivity index (χ0) is 18.5. The van der Waals surface area contributed by atoms with E-state index in [1.807, 2.05) is 61.2 Å². The van der Waals surface area contributed by atoms with E-state index in [0.717, 1.165) is 11.1 Å². The second-order valence-corrected chi connectivity index (χ2v) is 7.01. The van der Waals surface area contributed by atoms with Crippen molar-refractivity contribution in [3.05, 3.63) is 48.7 Å². The highest BCUT2D eigenvalue weighted by atomic mass is 16.2. The van der Waals surface area contributed by atoms with E-state index < -0.39 is 0 Å². The number of nitrogens with zero attached hydrogens (tertiary/aromatic N) is 2. The van der Waals surface area contributed by atoms with Crippen molar-refractivity contribution in [2.45, 2.75) is 26.7 Å². The molecule has 3 rings (SSSR count). The smallest absolute Gasteiger partial charge is 0.228 e. The molecule has 1 aromatic heterocycles. The van der Waals surface area contributed by atoms with Crippen molar-refractivity contribution in [2.24, 2.45) is 11.8 Å². The number of hydrogen-bond acceptors (Lipinski definition) is 3. The van der Waals surface area contributed by atoms with Gasteiger partial charge < -0.3 is 10.2 Å². The molecule has 2 amide bonds. The fraction of sp³-hybridized carbons (Fsp3) is 0.381. The fourth-order valence-electron chi connectivity index (χ4n) is 3.30. The van der Waals surface area contributed by atoms with Gasteiger partial charge in [-0.05, 0) is 30.5 Å². The third-order valence-electron chi connectivity index (χ3n) is 4.81. The van der Waals surface area contributed by atoms with Gasteiger partial charge in [0.25, 0.3) is 0 Å². The number of aromatic nitrogens is 1. The van der Waals surface area contributed by atoms with Gasteiger partial charge in [-0.25, -0.2) is 4.98 Å². The van der Waals surface area contributed by atoms with Gasteiger partial charge in [0.1, 0.15) is 5.82 Å². The van der Waals surface area contributed by atoms with Gasteiger partial charge in [-0.1, -0.05) is 44.2 Å². The average molecular weight is 351 g/mol. The first-order chi connectivity index (χ1) is 12.6. The summed E-state index contributed by atoms with van der Waals surface area (Å²) in [4.78, 5) is 31.0. The van der Waals surface area contributed by atoms with Crippen molar-refractivity contribution in [3.8, 4) is 11.1 Å². The molecule has 0 radical (unpaired) electrons. The van der Waals surface area contributed by atoms with E-state index in [0.29, 0.717) is 31.7 Å². The minimum absolute atomic E-state index is 0.00215. The average Bonchev–Trinajstić information content (AvgIpc) is 2.68. The second-order valence-electron chi connectivity index (χ2n) is 7.01. The minimum Gasteiger partial charge on any atom is -0.342 e. The molecule has 26 heavy (non-hydrogen) atoms. The highest BCUT2D eigenvalue weighted by Crippen LogP contribution is 2.27. The summed E-state index contributed by atoms with van der Waals surface area (Å²) < 4.78 is 0. The van der Waals surface area contributed by atoms with Crippen LogP contribution in [0.25, 0.3) is 11.1 Å². The molecule has 0 unspecified atom stereocenters. The number of nitrogens with one attached hydrogen (secondary N) is 1. The number of likely N-dealkylation sites (tertiary alicyclic amines) is 1. The van der Waals surface area contributed by atoms with E-state index in [-0.39, 0.29) is 23.7 Å². The number of pyridine rings is 1. The van der Waals surface area contributed by atoms with Crippen LogP contribution in [0.2, 0.25) is 0 Å². The Labute approximate surface area is 154 Å². The van der Waals surface area contributed by atoms with Crippen LogP contribution < -0.4 is 5.32 Å². The third kappa shape index (κ3) is 4.10. The van der Waals surface area contributed by atoms with Crippen LogP contribution in [0.3, 0.4) is 0 Å². The zero-order valence-corrected chi connectivity index (χ0v) is 15.3. The topological polar surface area (TPSA) is 62.3 Å². The number of carbonyl (C=O) groups is 2. The monoisotopic (exact) mass is 351 g/mol. The molecule has 2 aromatic rings. The summed E-state index contributed by atoms with van der Waals surface area (Å²) in [6, 6.07) is 13.7. The van der Waals surface area contributed by atoms with Crippen LogP contribution in [0.5, 0.6) is 0 Å². The summed E-state index contributed by atoms with van der Waals surface area (Å²) in [5.74, 6) is 0.654. The van der Waals surface area contributed by atoms with Crippen LogP contribution in [0.1, 0.15) is 26.7 Å². The summed E-state index contributed by atoms with van der Waals surface area (Å²) in [6.07, 6.45) is 3.07. The molecule has 5 nitrogen and oxygen atoms in total.